The van der Waals surface area contributed by atoms with E-state index in [4.69, 9.17) is 19.4 Å². The van der Waals surface area contributed by atoms with Gasteiger partial charge < -0.3 is 4.42 Å². The molecule has 0 aliphatic heterocycles. The molecule has 0 saturated carbocycles. The van der Waals surface area contributed by atoms with Crippen LogP contribution < -0.4 is 0 Å². The summed E-state index contributed by atoms with van der Waals surface area (Å²) in [6.45, 7) is 0. The molecular formula is C53H33N3O. The van der Waals surface area contributed by atoms with Crippen LogP contribution in [0.15, 0.2) is 205 Å². The standard InChI is InChI=1S/C53H33N3O/c1-3-14-34(15-4-1)51-54-52(35-16-5-2-6-17-35)56-53(55-51)42-23-13-22-40(32-42)38-20-11-18-36(30-38)37-19-12-21-39(31-37)41-28-29-47-48(33-41)57-50-46-27-10-8-25-44(46)43-24-7-9-26-45(43)49(47)50/h1-33H. The molecule has 4 heteroatoms. The smallest absolute Gasteiger partial charge is 0.164 e. The van der Waals surface area contributed by atoms with E-state index in [1.165, 1.54) is 21.5 Å². The monoisotopic (exact) mass is 727 g/mol. The van der Waals surface area contributed by atoms with Crippen molar-refractivity contribution in [1.82, 2.24) is 15.0 Å². The van der Waals surface area contributed by atoms with Crippen LogP contribution in [0.5, 0.6) is 0 Å². The zero-order valence-electron chi connectivity index (χ0n) is 30.8. The zero-order chi connectivity index (χ0) is 37.7. The van der Waals surface area contributed by atoms with Gasteiger partial charge in [-0.05, 0) is 79.9 Å². The number of fused-ring (bicyclic) bond motifs is 8. The highest BCUT2D eigenvalue weighted by Gasteiger charge is 2.17. The molecule has 0 saturated heterocycles. The molecule has 0 bridgehead atoms. The number of benzene rings is 9. The summed E-state index contributed by atoms with van der Waals surface area (Å²) in [5, 5.41) is 7.11. The van der Waals surface area contributed by atoms with E-state index in [9.17, 15) is 0 Å². The summed E-state index contributed by atoms with van der Waals surface area (Å²) in [7, 11) is 0. The van der Waals surface area contributed by atoms with Crippen molar-refractivity contribution in [2.75, 3.05) is 0 Å². The minimum Gasteiger partial charge on any atom is -0.455 e. The molecule has 0 atom stereocenters. The van der Waals surface area contributed by atoms with Gasteiger partial charge in [0.25, 0.3) is 0 Å². The van der Waals surface area contributed by atoms with Crippen LogP contribution in [0.25, 0.3) is 111 Å². The third-order valence-electron chi connectivity index (χ3n) is 10.9. The fourth-order valence-corrected chi connectivity index (χ4v) is 8.12. The van der Waals surface area contributed by atoms with Gasteiger partial charge in [0.2, 0.25) is 0 Å². The van der Waals surface area contributed by atoms with Crippen molar-refractivity contribution < 1.29 is 4.42 Å². The van der Waals surface area contributed by atoms with E-state index in [1.54, 1.807) is 0 Å². The zero-order valence-corrected chi connectivity index (χ0v) is 30.8. The molecule has 0 aliphatic carbocycles. The molecule has 0 radical (unpaired) electrons. The number of nitrogens with zero attached hydrogens (tertiary/aromatic N) is 3. The van der Waals surface area contributed by atoms with Crippen molar-refractivity contribution in [2.24, 2.45) is 0 Å². The number of hydrogen-bond donors (Lipinski definition) is 0. The summed E-state index contributed by atoms with van der Waals surface area (Å²) in [5.41, 5.74) is 11.4. The lowest BCUT2D eigenvalue weighted by molar-refractivity contribution is 0.673. The van der Waals surface area contributed by atoms with Gasteiger partial charge in [0.15, 0.2) is 17.5 Å². The van der Waals surface area contributed by atoms with E-state index < -0.39 is 0 Å². The fraction of sp³-hybridized carbons (Fsp3) is 0. The Morgan fingerprint density at radius 3 is 1.19 bits per heavy atom. The molecule has 2 aromatic heterocycles. The second kappa shape index (κ2) is 13.6. The van der Waals surface area contributed by atoms with Gasteiger partial charge in [-0.25, -0.2) is 15.0 Å². The average molecular weight is 728 g/mol. The highest BCUT2D eigenvalue weighted by molar-refractivity contribution is 6.30. The Bertz CT molecular complexity index is 3240. The van der Waals surface area contributed by atoms with Gasteiger partial charge in [-0.1, -0.05) is 170 Å². The topological polar surface area (TPSA) is 51.8 Å². The maximum atomic E-state index is 6.70. The average Bonchev–Trinajstić information content (AvgIpc) is 3.69. The Morgan fingerprint density at radius 2 is 0.649 bits per heavy atom. The number of aromatic nitrogens is 3. The van der Waals surface area contributed by atoms with Gasteiger partial charge in [0.1, 0.15) is 11.2 Å². The summed E-state index contributed by atoms with van der Waals surface area (Å²) < 4.78 is 6.70. The lowest BCUT2D eigenvalue weighted by Crippen LogP contribution is -2.00. The van der Waals surface area contributed by atoms with Crippen molar-refractivity contribution in [2.45, 2.75) is 0 Å². The molecule has 0 unspecified atom stereocenters. The summed E-state index contributed by atoms with van der Waals surface area (Å²) in [5.74, 6) is 1.93. The van der Waals surface area contributed by atoms with Crippen molar-refractivity contribution >= 4 is 43.5 Å². The highest BCUT2D eigenvalue weighted by Crippen LogP contribution is 2.42. The second-order valence-electron chi connectivity index (χ2n) is 14.4. The predicted octanol–water partition coefficient (Wildman–Crippen LogP) is 14.1. The molecule has 0 amide bonds. The van der Waals surface area contributed by atoms with E-state index in [2.05, 4.69) is 140 Å². The largest absolute Gasteiger partial charge is 0.455 e. The van der Waals surface area contributed by atoms with E-state index in [0.717, 1.165) is 72.0 Å². The number of rotatable bonds is 6. The molecule has 0 N–H and O–H groups in total. The van der Waals surface area contributed by atoms with Crippen LogP contribution in [-0.2, 0) is 0 Å². The Labute approximate surface area is 329 Å². The third kappa shape index (κ3) is 5.83. The van der Waals surface area contributed by atoms with Gasteiger partial charge in [0, 0.05) is 32.8 Å². The van der Waals surface area contributed by atoms with Crippen molar-refractivity contribution in [1.29, 1.82) is 0 Å². The van der Waals surface area contributed by atoms with E-state index in [1.807, 2.05) is 60.7 Å². The lowest BCUT2D eigenvalue weighted by atomic mass is 9.94. The minimum atomic E-state index is 0.635. The maximum Gasteiger partial charge on any atom is 0.164 e. The highest BCUT2D eigenvalue weighted by atomic mass is 16.3. The molecular weight excluding hydrogens is 695 g/mol. The quantitative estimate of drug-likeness (QED) is 0.160. The van der Waals surface area contributed by atoms with Crippen LogP contribution in [-0.4, -0.2) is 15.0 Å². The maximum absolute atomic E-state index is 6.70. The van der Waals surface area contributed by atoms with Gasteiger partial charge in [0.05, 0.1) is 0 Å². The molecule has 266 valence electrons. The summed E-state index contributed by atoms with van der Waals surface area (Å²) in [6, 6.07) is 69.9. The van der Waals surface area contributed by atoms with Crippen molar-refractivity contribution in [3.05, 3.63) is 200 Å². The second-order valence-corrected chi connectivity index (χ2v) is 14.4. The first kappa shape index (κ1) is 32.7. The van der Waals surface area contributed by atoms with Gasteiger partial charge in [-0.3, -0.25) is 0 Å². The Kier molecular flexibility index (Phi) is 7.78. The van der Waals surface area contributed by atoms with Gasteiger partial charge >= 0.3 is 0 Å². The predicted molar refractivity (Wildman–Crippen MR) is 235 cm³/mol. The summed E-state index contributed by atoms with van der Waals surface area (Å²) in [4.78, 5) is 14.8. The molecule has 0 aliphatic rings. The Balaban J connectivity index is 0.953. The summed E-state index contributed by atoms with van der Waals surface area (Å²) in [6.07, 6.45) is 0. The number of hydrogen-bond acceptors (Lipinski definition) is 4. The molecule has 0 spiro atoms. The third-order valence-corrected chi connectivity index (χ3v) is 10.9. The first-order valence-corrected chi connectivity index (χ1v) is 19.2. The van der Waals surface area contributed by atoms with Crippen LogP contribution in [0.1, 0.15) is 0 Å². The molecule has 0 fully saturated rings. The van der Waals surface area contributed by atoms with Crippen molar-refractivity contribution in [3.8, 4) is 67.5 Å². The van der Waals surface area contributed by atoms with Crippen LogP contribution >= 0.6 is 0 Å². The molecule has 11 aromatic rings. The normalized spacial score (nSPS) is 11.5. The van der Waals surface area contributed by atoms with Gasteiger partial charge in [-0.2, -0.15) is 0 Å². The lowest BCUT2D eigenvalue weighted by Gasteiger charge is -2.11. The molecule has 57 heavy (non-hydrogen) atoms. The fourth-order valence-electron chi connectivity index (χ4n) is 8.12. The summed E-state index contributed by atoms with van der Waals surface area (Å²) >= 11 is 0. The first-order valence-electron chi connectivity index (χ1n) is 19.2. The van der Waals surface area contributed by atoms with E-state index >= 15 is 0 Å². The van der Waals surface area contributed by atoms with Crippen LogP contribution in [0, 0.1) is 0 Å². The SMILES string of the molecule is c1ccc(-c2nc(-c3ccccc3)nc(-c3cccc(-c4cccc(-c5cccc(-c6ccc7c(c6)oc6c8ccccc8c8ccccc8c76)c5)c4)c3)n2)cc1. The van der Waals surface area contributed by atoms with Crippen LogP contribution in [0.4, 0.5) is 0 Å². The van der Waals surface area contributed by atoms with Gasteiger partial charge in [-0.15, -0.1) is 0 Å². The number of furan rings is 1. The minimum absolute atomic E-state index is 0.635. The Hall–Kier alpha value is -7.69. The van der Waals surface area contributed by atoms with E-state index in [0.29, 0.717) is 17.5 Å². The molecule has 4 nitrogen and oxygen atoms in total. The Morgan fingerprint density at radius 1 is 0.263 bits per heavy atom. The van der Waals surface area contributed by atoms with E-state index in [-0.39, 0.29) is 0 Å². The van der Waals surface area contributed by atoms with Crippen LogP contribution in [0.3, 0.4) is 0 Å². The molecule has 11 rings (SSSR count). The molecule has 9 aromatic carbocycles. The first-order chi connectivity index (χ1) is 28.2. The van der Waals surface area contributed by atoms with Crippen molar-refractivity contribution in [3.63, 3.8) is 0 Å². The molecule has 2 heterocycles. The van der Waals surface area contributed by atoms with Crippen LogP contribution in [0.2, 0.25) is 0 Å².